The molecule has 0 fully saturated rings. The average Bonchev–Trinajstić information content (AvgIpc) is 2.82. The number of hydrogen-bond acceptors (Lipinski definition) is 1. The van der Waals surface area contributed by atoms with E-state index in [0.717, 1.165) is 18.2 Å². The molecule has 2 aromatic carbocycles. The summed E-state index contributed by atoms with van der Waals surface area (Å²) in [6.45, 7) is 0. The first-order valence-electron chi connectivity index (χ1n) is 5.87. The third-order valence-electron chi connectivity index (χ3n) is 2.99. The molecule has 0 aliphatic rings. The molecule has 0 saturated heterocycles. The van der Waals surface area contributed by atoms with Crippen molar-refractivity contribution in [2.75, 3.05) is 0 Å². The molecule has 3 aromatic rings. The molecule has 0 amide bonds. The number of imidazole rings is 1. The predicted octanol–water partition coefficient (Wildman–Crippen LogP) is 4.53. The summed E-state index contributed by atoms with van der Waals surface area (Å²) >= 11 is 0. The number of rotatable bonds is 1. The van der Waals surface area contributed by atoms with Gasteiger partial charge in [-0.15, -0.1) is 0 Å². The smallest absolute Gasteiger partial charge is 0.338 e. The minimum absolute atomic E-state index is 0.0636. The summed E-state index contributed by atoms with van der Waals surface area (Å²) in [5.74, 6) is -1.43. The van der Waals surface area contributed by atoms with E-state index in [1.54, 1.807) is 0 Å². The first kappa shape index (κ1) is 13.5. The molecule has 0 atom stereocenters. The van der Waals surface area contributed by atoms with Crippen molar-refractivity contribution in [1.29, 1.82) is 0 Å². The lowest BCUT2D eigenvalue weighted by Crippen LogP contribution is -2.04. The van der Waals surface area contributed by atoms with Crippen LogP contribution in [0.3, 0.4) is 0 Å². The van der Waals surface area contributed by atoms with Crippen LogP contribution < -0.4 is 0 Å². The van der Waals surface area contributed by atoms with E-state index in [4.69, 9.17) is 0 Å². The summed E-state index contributed by atoms with van der Waals surface area (Å²) in [6, 6.07) is 6.00. The number of nitrogens with zero attached hydrogens (tertiary/aromatic N) is 1. The lowest BCUT2D eigenvalue weighted by molar-refractivity contribution is -0.137. The zero-order chi connectivity index (χ0) is 15.2. The van der Waals surface area contributed by atoms with Crippen molar-refractivity contribution in [3.8, 4) is 11.4 Å². The Kier molecular flexibility index (Phi) is 2.93. The topological polar surface area (TPSA) is 28.7 Å². The van der Waals surface area contributed by atoms with Gasteiger partial charge in [-0.3, -0.25) is 0 Å². The second-order valence-corrected chi connectivity index (χ2v) is 4.44. The van der Waals surface area contributed by atoms with Crippen LogP contribution in [0.25, 0.3) is 22.4 Å². The number of alkyl halides is 3. The lowest BCUT2D eigenvalue weighted by atomic mass is 10.1. The first-order valence-corrected chi connectivity index (χ1v) is 5.87. The van der Waals surface area contributed by atoms with E-state index in [1.807, 2.05) is 0 Å². The highest BCUT2D eigenvalue weighted by Crippen LogP contribution is 2.31. The molecule has 1 heterocycles. The largest absolute Gasteiger partial charge is 0.416 e. The molecule has 1 N–H and O–H groups in total. The number of fused-ring (bicyclic) bond motifs is 1. The minimum atomic E-state index is -4.43. The van der Waals surface area contributed by atoms with Gasteiger partial charge in [0.2, 0.25) is 0 Å². The second kappa shape index (κ2) is 4.54. The molecule has 0 aliphatic heterocycles. The summed E-state index contributed by atoms with van der Waals surface area (Å²) in [5, 5.41) is 0. The number of hydrogen-bond donors (Lipinski definition) is 1. The Morgan fingerprint density at radius 2 is 1.62 bits per heavy atom. The molecule has 0 saturated carbocycles. The van der Waals surface area contributed by atoms with Gasteiger partial charge in [-0.2, -0.15) is 13.2 Å². The number of nitrogens with one attached hydrogen (secondary N) is 1. The average molecular weight is 298 g/mol. The van der Waals surface area contributed by atoms with Gasteiger partial charge in [0.05, 0.1) is 11.1 Å². The number of aromatic amines is 1. The Balaban J connectivity index is 2.06. The molecular weight excluding hydrogens is 291 g/mol. The number of H-pyrrole nitrogens is 1. The summed E-state index contributed by atoms with van der Waals surface area (Å²) in [6.07, 6.45) is -4.43. The molecular formula is C14H7F5N2. The fourth-order valence-electron chi connectivity index (χ4n) is 2.00. The Morgan fingerprint density at radius 1 is 0.952 bits per heavy atom. The van der Waals surface area contributed by atoms with Crippen LogP contribution in [0.4, 0.5) is 22.0 Å². The van der Waals surface area contributed by atoms with Gasteiger partial charge in [0.1, 0.15) is 17.2 Å². The van der Waals surface area contributed by atoms with E-state index in [-0.39, 0.29) is 16.9 Å². The molecule has 0 bridgehead atoms. The monoisotopic (exact) mass is 298 g/mol. The van der Waals surface area contributed by atoms with E-state index < -0.39 is 23.4 Å². The van der Waals surface area contributed by atoms with E-state index in [2.05, 4.69) is 9.97 Å². The van der Waals surface area contributed by atoms with Crippen LogP contribution in [0.1, 0.15) is 5.56 Å². The first-order chi connectivity index (χ1) is 9.84. The minimum Gasteiger partial charge on any atom is -0.338 e. The fourth-order valence-corrected chi connectivity index (χ4v) is 2.00. The molecule has 0 radical (unpaired) electrons. The molecule has 3 rings (SSSR count). The number of aromatic nitrogens is 2. The lowest BCUT2D eigenvalue weighted by Gasteiger charge is -2.06. The summed E-state index contributed by atoms with van der Waals surface area (Å²) in [4.78, 5) is 6.62. The van der Waals surface area contributed by atoms with Crippen molar-refractivity contribution in [2.45, 2.75) is 6.18 Å². The zero-order valence-electron chi connectivity index (χ0n) is 10.3. The van der Waals surface area contributed by atoms with Crippen molar-refractivity contribution >= 4 is 11.0 Å². The Bertz CT molecular complexity index is 803. The zero-order valence-corrected chi connectivity index (χ0v) is 10.3. The van der Waals surface area contributed by atoms with E-state index in [1.165, 1.54) is 12.1 Å². The molecule has 1 aromatic heterocycles. The summed E-state index contributed by atoms with van der Waals surface area (Å²) in [5.41, 5.74) is -0.368. The number of benzene rings is 2. The van der Waals surface area contributed by atoms with Gasteiger partial charge >= 0.3 is 6.18 Å². The molecule has 0 spiro atoms. The van der Waals surface area contributed by atoms with Gasteiger partial charge in [-0.1, -0.05) is 12.1 Å². The van der Waals surface area contributed by atoms with Crippen LogP contribution in [0, 0.1) is 11.6 Å². The SMILES string of the molecule is Fc1cc(F)c2nc(-c3ccc(C(F)(F)F)cc3)[nH]c2c1. The van der Waals surface area contributed by atoms with Crippen molar-refractivity contribution < 1.29 is 22.0 Å². The van der Waals surface area contributed by atoms with Crippen molar-refractivity contribution in [3.05, 3.63) is 53.6 Å². The molecule has 7 heteroatoms. The maximum absolute atomic E-state index is 13.5. The van der Waals surface area contributed by atoms with Crippen LogP contribution in [0.2, 0.25) is 0 Å². The standard InChI is InChI=1S/C14H7F5N2/c15-9-5-10(16)12-11(6-9)20-13(21-12)7-1-3-8(4-2-7)14(17,18)19/h1-6H,(H,20,21). The quantitative estimate of drug-likeness (QED) is 0.657. The van der Waals surface area contributed by atoms with Crippen molar-refractivity contribution in [2.24, 2.45) is 0 Å². The summed E-state index contributed by atoms with van der Waals surface area (Å²) < 4.78 is 64.0. The van der Waals surface area contributed by atoms with Crippen molar-refractivity contribution in [3.63, 3.8) is 0 Å². The second-order valence-electron chi connectivity index (χ2n) is 4.44. The van der Waals surface area contributed by atoms with Gasteiger partial charge in [-0.25, -0.2) is 13.8 Å². The summed E-state index contributed by atoms with van der Waals surface area (Å²) in [7, 11) is 0. The Labute approximate surface area is 115 Å². The van der Waals surface area contributed by atoms with Gasteiger partial charge < -0.3 is 4.98 Å². The van der Waals surface area contributed by atoms with Crippen LogP contribution in [0.15, 0.2) is 36.4 Å². The van der Waals surface area contributed by atoms with Gasteiger partial charge in [-0.05, 0) is 18.2 Å². The third kappa shape index (κ3) is 2.46. The highest BCUT2D eigenvalue weighted by molar-refractivity contribution is 5.80. The van der Waals surface area contributed by atoms with Gasteiger partial charge in [0.15, 0.2) is 5.82 Å². The van der Waals surface area contributed by atoms with E-state index >= 15 is 0 Å². The molecule has 108 valence electrons. The Morgan fingerprint density at radius 3 is 2.24 bits per heavy atom. The maximum Gasteiger partial charge on any atom is 0.416 e. The predicted molar refractivity (Wildman–Crippen MR) is 66.4 cm³/mol. The number of halogens is 5. The molecule has 2 nitrogen and oxygen atoms in total. The van der Waals surface area contributed by atoms with Crippen LogP contribution in [0.5, 0.6) is 0 Å². The van der Waals surface area contributed by atoms with Crippen LogP contribution >= 0.6 is 0 Å². The highest BCUT2D eigenvalue weighted by atomic mass is 19.4. The van der Waals surface area contributed by atoms with E-state index in [0.29, 0.717) is 11.6 Å². The van der Waals surface area contributed by atoms with Gasteiger partial charge in [0.25, 0.3) is 0 Å². The van der Waals surface area contributed by atoms with E-state index in [9.17, 15) is 22.0 Å². The molecule has 0 aliphatic carbocycles. The maximum atomic E-state index is 13.5. The fraction of sp³-hybridized carbons (Fsp3) is 0.0714. The molecule has 21 heavy (non-hydrogen) atoms. The van der Waals surface area contributed by atoms with Crippen LogP contribution in [-0.4, -0.2) is 9.97 Å². The molecule has 0 unspecified atom stereocenters. The van der Waals surface area contributed by atoms with Crippen LogP contribution in [-0.2, 0) is 6.18 Å². The van der Waals surface area contributed by atoms with Crippen molar-refractivity contribution in [1.82, 2.24) is 9.97 Å². The third-order valence-corrected chi connectivity index (χ3v) is 2.99. The highest BCUT2D eigenvalue weighted by Gasteiger charge is 2.30. The normalized spacial score (nSPS) is 12.0. The van der Waals surface area contributed by atoms with Gasteiger partial charge in [0, 0.05) is 11.6 Å². The Hall–Kier alpha value is -2.44.